The predicted octanol–water partition coefficient (Wildman–Crippen LogP) is 1.48. The van der Waals surface area contributed by atoms with Crippen LogP contribution >= 0.6 is 15.9 Å². The molecule has 0 saturated carbocycles. The minimum Gasteiger partial charge on any atom is -0.490 e. The van der Waals surface area contributed by atoms with Crippen molar-refractivity contribution < 1.29 is 14.6 Å². The second-order valence-electron chi connectivity index (χ2n) is 3.46. The van der Waals surface area contributed by atoms with E-state index < -0.39 is 5.97 Å². The number of ether oxygens (including phenoxy) is 1. The Morgan fingerprint density at radius 1 is 1.62 bits per heavy atom. The molecule has 16 heavy (non-hydrogen) atoms. The number of aromatic carboxylic acids is 1. The van der Waals surface area contributed by atoms with E-state index in [2.05, 4.69) is 20.9 Å². The van der Waals surface area contributed by atoms with E-state index in [9.17, 15) is 4.79 Å². The van der Waals surface area contributed by atoms with E-state index >= 15 is 0 Å². The van der Waals surface area contributed by atoms with Crippen LogP contribution in [0.5, 0.6) is 5.75 Å². The molecule has 0 aromatic carbocycles. The maximum Gasteiger partial charge on any atom is 0.339 e. The van der Waals surface area contributed by atoms with Crippen molar-refractivity contribution in [2.24, 2.45) is 0 Å². The van der Waals surface area contributed by atoms with Crippen molar-refractivity contribution in [2.75, 3.05) is 27.2 Å². The Kier molecular flexibility index (Phi) is 4.70. The molecule has 1 aromatic rings. The number of carboxylic acids is 1. The number of carbonyl (C=O) groups is 1. The summed E-state index contributed by atoms with van der Waals surface area (Å²) < 4.78 is 5.84. The van der Waals surface area contributed by atoms with E-state index in [-0.39, 0.29) is 11.3 Å². The molecule has 0 aliphatic heterocycles. The molecule has 6 heteroatoms. The van der Waals surface area contributed by atoms with Gasteiger partial charge in [0.2, 0.25) is 0 Å². The number of hydrogen-bond acceptors (Lipinski definition) is 4. The molecule has 0 amide bonds. The summed E-state index contributed by atoms with van der Waals surface area (Å²) in [5, 5.41) is 8.96. The third-order valence-electron chi connectivity index (χ3n) is 1.86. The molecule has 0 unspecified atom stereocenters. The third kappa shape index (κ3) is 3.79. The summed E-state index contributed by atoms with van der Waals surface area (Å²) in [7, 11) is 3.84. The predicted molar refractivity (Wildman–Crippen MR) is 62.9 cm³/mol. The number of halogens is 1. The van der Waals surface area contributed by atoms with E-state index in [1.54, 1.807) is 0 Å². The Bertz CT molecular complexity index is 382. The number of likely N-dealkylation sites (N-methyl/N-ethyl adjacent to an activating group) is 1. The number of nitrogens with zero attached hydrogens (tertiary/aromatic N) is 2. The number of aromatic nitrogens is 1. The molecule has 1 aromatic heterocycles. The van der Waals surface area contributed by atoms with Gasteiger partial charge in [0, 0.05) is 6.54 Å². The average molecular weight is 289 g/mol. The van der Waals surface area contributed by atoms with Crippen molar-refractivity contribution in [2.45, 2.75) is 0 Å². The quantitative estimate of drug-likeness (QED) is 0.832. The van der Waals surface area contributed by atoms with Crippen molar-refractivity contribution in [3.63, 3.8) is 0 Å². The van der Waals surface area contributed by atoms with Crippen LogP contribution in [-0.4, -0.2) is 48.2 Å². The van der Waals surface area contributed by atoms with Gasteiger partial charge < -0.3 is 14.7 Å². The van der Waals surface area contributed by atoms with Gasteiger partial charge in [-0.3, -0.25) is 0 Å². The summed E-state index contributed by atoms with van der Waals surface area (Å²) in [6.45, 7) is 1.14. The van der Waals surface area contributed by atoms with Crippen LogP contribution in [0, 0.1) is 0 Å². The van der Waals surface area contributed by atoms with Crippen molar-refractivity contribution in [1.82, 2.24) is 9.88 Å². The molecule has 0 bridgehead atoms. The zero-order valence-corrected chi connectivity index (χ0v) is 10.7. The maximum absolute atomic E-state index is 10.9. The van der Waals surface area contributed by atoms with Gasteiger partial charge in [0.15, 0.2) is 5.75 Å². The Labute approximate surface area is 102 Å². The fourth-order valence-corrected chi connectivity index (χ4v) is 1.37. The number of pyridine rings is 1. The second kappa shape index (κ2) is 5.81. The van der Waals surface area contributed by atoms with Crippen LogP contribution in [0.25, 0.3) is 0 Å². The highest BCUT2D eigenvalue weighted by atomic mass is 79.9. The van der Waals surface area contributed by atoms with Gasteiger partial charge in [-0.15, -0.1) is 0 Å². The van der Waals surface area contributed by atoms with E-state index in [4.69, 9.17) is 9.84 Å². The van der Waals surface area contributed by atoms with Gasteiger partial charge in [0.1, 0.15) is 16.8 Å². The van der Waals surface area contributed by atoms with Crippen LogP contribution in [0.4, 0.5) is 0 Å². The lowest BCUT2D eigenvalue weighted by molar-refractivity contribution is 0.0691. The van der Waals surface area contributed by atoms with Crippen LogP contribution in [-0.2, 0) is 0 Å². The first-order chi connectivity index (χ1) is 7.50. The van der Waals surface area contributed by atoms with Gasteiger partial charge in [0.05, 0.1) is 6.20 Å². The first kappa shape index (κ1) is 12.9. The summed E-state index contributed by atoms with van der Waals surface area (Å²) in [6.07, 6.45) is 1.41. The average Bonchev–Trinajstić information content (AvgIpc) is 2.19. The van der Waals surface area contributed by atoms with E-state index in [1.807, 2.05) is 19.0 Å². The van der Waals surface area contributed by atoms with E-state index in [1.165, 1.54) is 12.3 Å². The smallest absolute Gasteiger partial charge is 0.339 e. The zero-order valence-electron chi connectivity index (χ0n) is 9.11. The minimum atomic E-state index is -1.03. The van der Waals surface area contributed by atoms with Crippen LogP contribution in [0.3, 0.4) is 0 Å². The highest BCUT2D eigenvalue weighted by Gasteiger charge is 2.12. The molecule has 0 aliphatic rings. The summed E-state index contributed by atoms with van der Waals surface area (Å²) >= 11 is 3.12. The van der Waals surface area contributed by atoms with Gasteiger partial charge in [-0.1, -0.05) is 0 Å². The fourth-order valence-electron chi connectivity index (χ4n) is 1.04. The van der Waals surface area contributed by atoms with Gasteiger partial charge in [-0.05, 0) is 36.1 Å². The topological polar surface area (TPSA) is 62.7 Å². The lowest BCUT2D eigenvalue weighted by atomic mass is 10.2. The van der Waals surface area contributed by atoms with Gasteiger partial charge >= 0.3 is 5.97 Å². The zero-order chi connectivity index (χ0) is 12.1. The molecule has 1 heterocycles. The number of rotatable bonds is 5. The Balaban J connectivity index is 2.75. The molecule has 88 valence electrons. The molecule has 0 fully saturated rings. The van der Waals surface area contributed by atoms with Gasteiger partial charge in [0.25, 0.3) is 0 Å². The molecular weight excluding hydrogens is 276 g/mol. The van der Waals surface area contributed by atoms with Crippen LogP contribution < -0.4 is 4.74 Å². The molecule has 0 saturated heterocycles. The SMILES string of the molecule is CN(C)CCOc1cnc(Br)cc1C(=O)O. The van der Waals surface area contributed by atoms with Gasteiger partial charge in [-0.2, -0.15) is 0 Å². The lowest BCUT2D eigenvalue weighted by Crippen LogP contribution is -2.20. The van der Waals surface area contributed by atoms with Crippen LogP contribution in [0.2, 0.25) is 0 Å². The minimum absolute atomic E-state index is 0.112. The van der Waals surface area contributed by atoms with Crippen LogP contribution in [0.1, 0.15) is 10.4 Å². The van der Waals surface area contributed by atoms with E-state index in [0.717, 1.165) is 6.54 Å². The summed E-state index contributed by atoms with van der Waals surface area (Å²) in [5.74, 6) is -0.736. The number of carboxylic acid groups (broad SMARTS) is 1. The maximum atomic E-state index is 10.9. The highest BCUT2D eigenvalue weighted by molar-refractivity contribution is 9.10. The Morgan fingerprint density at radius 3 is 2.88 bits per heavy atom. The van der Waals surface area contributed by atoms with Crippen molar-refractivity contribution in [1.29, 1.82) is 0 Å². The summed E-state index contributed by atoms with van der Waals surface area (Å²) in [4.78, 5) is 16.8. The van der Waals surface area contributed by atoms with Gasteiger partial charge in [-0.25, -0.2) is 9.78 Å². The van der Waals surface area contributed by atoms with Crippen molar-refractivity contribution >= 4 is 21.9 Å². The Morgan fingerprint density at radius 2 is 2.31 bits per heavy atom. The molecule has 5 nitrogen and oxygen atoms in total. The molecule has 0 aliphatic carbocycles. The fraction of sp³-hybridized carbons (Fsp3) is 0.400. The molecule has 0 spiro atoms. The number of hydrogen-bond donors (Lipinski definition) is 1. The summed E-state index contributed by atoms with van der Waals surface area (Å²) in [5.41, 5.74) is 0.112. The third-order valence-corrected chi connectivity index (χ3v) is 2.29. The highest BCUT2D eigenvalue weighted by Crippen LogP contribution is 2.20. The van der Waals surface area contributed by atoms with Crippen molar-refractivity contribution in [3.05, 3.63) is 22.4 Å². The van der Waals surface area contributed by atoms with Crippen molar-refractivity contribution in [3.8, 4) is 5.75 Å². The van der Waals surface area contributed by atoms with Crippen LogP contribution in [0.15, 0.2) is 16.9 Å². The Hall–Kier alpha value is -1.14. The second-order valence-corrected chi connectivity index (χ2v) is 4.27. The van der Waals surface area contributed by atoms with E-state index in [0.29, 0.717) is 11.2 Å². The molecule has 1 rings (SSSR count). The molecule has 1 N–H and O–H groups in total. The molecule has 0 atom stereocenters. The standard InChI is InChI=1S/C10H13BrN2O3/c1-13(2)3-4-16-8-6-12-9(11)5-7(8)10(14)15/h5-6H,3-4H2,1-2H3,(H,14,15). The normalized spacial score (nSPS) is 10.5. The first-order valence-electron chi connectivity index (χ1n) is 4.67. The first-order valence-corrected chi connectivity index (χ1v) is 5.46. The lowest BCUT2D eigenvalue weighted by Gasteiger charge is -2.12. The molecular formula is C10H13BrN2O3. The molecule has 0 radical (unpaired) electrons. The summed E-state index contributed by atoms with van der Waals surface area (Å²) in [6, 6.07) is 1.42. The monoisotopic (exact) mass is 288 g/mol. The largest absolute Gasteiger partial charge is 0.490 e.